The van der Waals surface area contributed by atoms with Crippen LogP contribution in [0.15, 0.2) is 85.2 Å². The smallest absolute Gasteiger partial charge is 0.165 e. The van der Waals surface area contributed by atoms with Crippen molar-refractivity contribution in [1.29, 1.82) is 0 Å². The summed E-state index contributed by atoms with van der Waals surface area (Å²) in [5.41, 5.74) is 7.03. The molecule has 3 nitrogen and oxygen atoms in total. The number of benzene rings is 2. The first kappa shape index (κ1) is 20.1. The predicted octanol–water partition coefficient (Wildman–Crippen LogP) is 6.27. The summed E-state index contributed by atoms with van der Waals surface area (Å²) in [6, 6.07) is 20.6. The fourth-order valence-corrected chi connectivity index (χ4v) is 4.46. The molecule has 0 amide bonds. The highest BCUT2D eigenvalue weighted by Gasteiger charge is 2.30. The Morgan fingerprint density at radius 2 is 1.72 bits per heavy atom. The van der Waals surface area contributed by atoms with Gasteiger partial charge in [-0.1, -0.05) is 54.6 Å². The van der Waals surface area contributed by atoms with Crippen molar-refractivity contribution in [2.45, 2.75) is 19.3 Å². The van der Waals surface area contributed by atoms with Crippen LogP contribution in [0.5, 0.6) is 0 Å². The Kier molecular flexibility index (Phi) is 5.51. The number of hydrogen-bond donors (Lipinski definition) is 1. The Bertz CT molecular complexity index is 1260. The van der Waals surface area contributed by atoms with Gasteiger partial charge in [0.25, 0.3) is 0 Å². The van der Waals surface area contributed by atoms with E-state index in [4.69, 9.17) is 0 Å². The van der Waals surface area contributed by atoms with Gasteiger partial charge in [-0.2, -0.15) is 0 Å². The summed E-state index contributed by atoms with van der Waals surface area (Å²) in [6.07, 6.45) is 9.53. The molecule has 32 heavy (non-hydrogen) atoms. The van der Waals surface area contributed by atoms with Crippen LogP contribution < -0.4 is 0 Å². The molecule has 1 aliphatic rings. The van der Waals surface area contributed by atoms with Crippen molar-refractivity contribution >= 4 is 11.9 Å². The predicted molar refractivity (Wildman–Crippen MR) is 125 cm³/mol. The molecular weight excluding hydrogens is 399 g/mol. The van der Waals surface area contributed by atoms with Crippen molar-refractivity contribution < 1.29 is 9.18 Å². The lowest BCUT2D eigenvalue weighted by Gasteiger charge is -2.19. The Morgan fingerprint density at radius 1 is 0.969 bits per heavy atom. The Labute approximate surface area is 186 Å². The quantitative estimate of drug-likeness (QED) is 0.412. The van der Waals surface area contributed by atoms with Crippen LogP contribution in [-0.4, -0.2) is 15.8 Å². The number of carbonyl (C=O) groups excluding carboxylic acids is 1. The summed E-state index contributed by atoms with van der Waals surface area (Å²) < 4.78 is 13.2. The minimum atomic E-state index is -0.249. The minimum Gasteiger partial charge on any atom is -0.358 e. The van der Waals surface area contributed by atoms with Crippen LogP contribution in [0, 0.1) is 11.7 Å². The second-order valence-electron chi connectivity index (χ2n) is 8.23. The van der Waals surface area contributed by atoms with Crippen molar-refractivity contribution in [3.63, 3.8) is 0 Å². The Hall–Kier alpha value is -3.79. The first-order chi connectivity index (χ1) is 15.7. The fourth-order valence-electron chi connectivity index (χ4n) is 4.46. The molecule has 0 aliphatic heterocycles. The number of allylic oxidation sites excluding steroid dienone is 1. The topological polar surface area (TPSA) is 45.8 Å². The second kappa shape index (κ2) is 8.75. The number of aromatic nitrogens is 2. The summed E-state index contributed by atoms with van der Waals surface area (Å²) in [6.45, 7) is 0. The van der Waals surface area contributed by atoms with Gasteiger partial charge in [-0.05, 0) is 53.3 Å². The van der Waals surface area contributed by atoms with Gasteiger partial charge in [-0.25, -0.2) is 4.39 Å². The number of fused-ring (bicyclic) bond motifs is 1. The number of H-pyrrole nitrogens is 1. The van der Waals surface area contributed by atoms with Crippen molar-refractivity contribution in [2.75, 3.05) is 0 Å². The molecule has 0 bridgehead atoms. The maximum Gasteiger partial charge on any atom is 0.165 e. The van der Waals surface area contributed by atoms with Gasteiger partial charge in [0, 0.05) is 42.1 Å². The molecule has 2 aromatic carbocycles. The Morgan fingerprint density at radius 3 is 2.47 bits per heavy atom. The highest BCUT2D eigenvalue weighted by Crippen LogP contribution is 2.36. The lowest BCUT2D eigenvalue weighted by Crippen LogP contribution is -2.19. The molecule has 1 unspecified atom stereocenters. The number of carbonyl (C=O) groups is 1. The van der Waals surface area contributed by atoms with Crippen molar-refractivity contribution in [2.24, 2.45) is 5.92 Å². The number of aromatic amines is 1. The number of pyridine rings is 1. The van der Waals surface area contributed by atoms with Crippen LogP contribution in [0.1, 0.15) is 39.2 Å². The van der Waals surface area contributed by atoms with Crippen molar-refractivity contribution in [3.05, 3.63) is 119 Å². The van der Waals surface area contributed by atoms with Crippen LogP contribution in [0.2, 0.25) is 0 Å². The van der Waals surface area contributed by atoms with Crippen molar-refractivity contribution in [3.8, 4) is 11.3 Å². The SMILES string of the molecule is O=C1CC(C=Cc2ccc(F)cc2)Cc2[nH]c(-c3ccncc3)c(Cc3ccccc3)c21. The summed E-state index contributed by atoms with van der Waals surface area (Å²) in [5.74, 6) is 0.0247. The van der Waals surface area contributed by atoms with E-state index >= 15 is 0 Å². The fraction of sp³-hybridized carbons (Fsp3) is 0.143. The lowest BCUT2D eigenvalue weighted by atomic mass is 9.83. The van der Waals surface area contributed by atoms with E-state index in [-0.39, 0.29) is 17.5 Å². The van der Waals surface area contributed by atoms with E-state index in [0.717, 1.165) is 40.1 Å². The molecule has 0 fully saturated rings. The third-order valence-electron chi connectivity index (χ3n) is 6.00. The van der Waals surface area contributed by atoms with E-state index in [1.165, 1.54) is 17.7 Å². The van der Waals surface area contributed by atoms with Gasteiger partial charge in [0.05, 0.1) is 5.69 Å². The average molecular weight is 423 g/mol. The molecule has 0 saturated carbocycles. The standard InChI is InChI=1S/C28H23FN2O/c29-23-10-8-19(9-11-23)6-7-21-17-25-27(26(32)18-21)24(16-20-4-2-1-3-5-20)28(31-25)22-12-14-30-15-13-22/h1-15,21,31H,16-18H2. The zero-order valence-corrected chi connectivity index (χ0v) is 17.6. The first-order valence-corrected chi connectivity index (χ1v) is 10.8. The maximum absolute atomic E-state index is 13.3. The monoisotopic (exact) mass is 422 g/mol. The normalized spacial score (nSPS) is 15.8. The van der Waals surface area contributed by atoms with Gasteiger partial charge in [0.2, 0.25) is 0 Å². The summed E-state index contributed by atoms with van der Waals surface area (Å²) in [7, 11) is 0. The van der Waals surface area contributed by atoms with Gasteiger partial charge in [-0.3, -0.25) is 9.78 Å². The molecule has 1 aliphatic carbocycles. The highest BCUT2D eigenvalue weighted by atomic mass is 19.1. The average Bonchev–Trinajstić information content (AvgIpc) is 3.18. The molecule has 4 aromatic rings. The highest BCUT2D eigenvalue weighted by molar-refractivity contribution is 6.02. The summed E-state index contributed by atoms with van der Waals surface area (Å²) >= 11 is 0. The van der Waals surface area contributed by atoms with Gasteiger partial charge in [0.15, 0.2) is 5.78 Å². The van der Waals surface area contributed by atoms with E-state index < -0.39 is 0 Å². The van der Waals surface area contributed by atoms with Gasteiger partial charge >= 0.3 is 0 Å². The van der Waals surface area contributed by atoms with E-state index in [9.17, 15) is 9.18 Å². The van der Waals surface area contributed by atoms with E-state index in [1.54, 1.807) is 24.5 Å². The molecule has 1 N–H and O–H groups in total. The second-order valence-corrected chi connectivity index (χ2v) is 8.23. The third kappa shape index (κ3) is 4.17. The molecule has 1 atom stereocenters. The molecule has 0 saturated heterocycles. The van der Waals surface area contributed by atoms with Crippen molar-refractivity contribution in [1.82, 2.24) is 9.97 Å². The number of halogens is 1. The van der Waals surface area contributed by atoms with Gasteiger partial charge < -0.3 is 4.98 Å². The van der Waals surface area contributed by atoms with Gasteiger partial charge in [0.1, 0.15) is 5.82 Å². The molecule has 0 spiro atoms. The van der Waals surface area contributed by atoms with Crippen LogP contribution in [0.3, 0.4) is 0 Å². The summed E-state index contributed by atoms with van der Waals surface area (Å²) in [5, 5.41) is 0. The lowest BCUT2D eigenvalue weighted by molar-refractivity contribution is 0.0958. The molecule has 2 heterocycles. The molecule has 0 radical (unpaired) electrons. The molecule has 158 valence electrons. The van der Waals surface area contributed by atoms with Crippen LogP contribution in [0.4, 0.5) is 4.39 Å². The number of nitrogens with one attached hydrogen (secondary N) is 1. The number of ketones is 1. The zero-order valence-electron chi connectivity index (χ0n) is 17.6. The van der Waals surface area contributed by atoms with E-state index in [2.05, 4.69) is 28.2 Å². The summed E-state index contributed by atoms with van der Waals surface area (Å²) in [4.78, 5) is 21.0. The maximum atomic E-state index is 13.3. The molecule has 2 aromatic heterocycles. The number of hydrogen-bond acceptors (Lipinski definition) is 2. The first-order valence-electron chi connectivity index (χ1n) is 10.8. The molecule has 5 rings (SSSR count). The van der Waals surface area contributed by atoms with E-state index in [0.29, 0.717) is 12.8 Å². The van der Waals surface area contributed by atoms with Crippen LogP contribution >= 0.6 is 0 Å². The number of rotatable bonds is 5. The minimum absolute atomic E-state index is 0.105. The number of Topliss-reactive ketones (excluding diaryl/α,β-unsaturated/α-hetero) is 1. The number of nitrogens with zero attached hydrogens (tertiary/aromatic N) is 1. The van der Waals surface area contributed by atoms with Crippen LogP contribution in [-0.2, 0) is 12.8 Å². The van der Waals surface area contributed by atoms with Crippen LogP contribution in [0.25, 0.3) is 17.3 Å². The van der Waals surface area contributed by atoms with E-state index in [1.807, 2.05) is 36.4 Å². The Balaban J connectivity index is 1.50. The zero-order chi connectivity index (χ0) is 21.9. The third-order valence-corrected chi connectivity index (χ3v) is 6.00. The largest absolute Gasteiger partial charge is 0.358 e. The van der Waals surface area contributed by atoms with Gasteiger partial charge in [-0.15, -0.1) is 0 Å². The molecule has 4 heteroatoms. The molecular formula is C28H23FN2O.